The molecular formula is C16H16ClN3S. The number of nitrogens with zero attached hydrogens (tertiary/aromatic N) is 3. The topological polar surface area (TPSA) is 39.9 Å². The van der Waals surface area contributed by atoms with E-state index in [1.54, 1.807) is 0 Å². The first-order valence-corrected chi connectivity index (χ1v) is 8.30. The molecule has 0 bridgehead atoms. The van der Waals surface area contributed by atoms with Gasteiger partial charge in [0.1, 0.15) is 16.6 Å². The summed E-state index contributed by atoms with van der Waals surface area (Å²) in [4.78, 5) is 2.27. The summed E-state index contributed by atoms with van der Waals surface area (Å²) in [6, 6.07) is 12.9. The number of rotatable bonds is 2. The number of benzene rings is 1. The summed E-state index contributed by atoms with van der Waals surface area (Å²) in [5, 5.41) is 10.5. The van der Waals surface area contributed by atoms with Crippen LogP contribution in [0, 0.1) is 11.3 Å². The number of nitriles is 1. The van der Waals surface area contributed by atoms with E-state index in [1.807, 2.05) is 0 Å². The lowest BCUT2D eigenvalue weighted by Crippen LogP contribution is -2.23. The monoisotopic (exact) mass is 317 g/mol. The van der Waals surface area contributed by atoms with Crippen LogP contribution in [0.25, 0.3) is 0 Å². The molecule has 0 amide bonds. The quantitative estimate of drug-likeness (QED) is 0.822. The van der Waals surface area contributed by atoms with Gasteiger partial charge in [-0.2, -0.15) is 9.64 Å². The summed E-state index contributed by atoms with van der Waals surface area (Å²) in [5.41, 5.74) is 1.95. The zero-order valence-corrected chi connectivity index (χ0v) is 13.2. The zero-order valence-electron chi connectivity index (χ0n) is 11.6. The predicted octanol–water partition coefficient (Wildman–Crippen LogP) is 4.44. The largest absolute Gasteiger partial charge is 0.361 e. The average Bonchev–Trinajstić information content (AvgIpc) is 2.74. The molecule has 1 aromatic carbocycles. The normalized spacial score (nSPS) is 19.0. The van der Waals surface area contributed by atoms with E-state index in [-0.39, 0.29) is 0 Å². The summed E-state index contributed by atoms with van der Waals surface area (Å²) in [6.45, 7) is 1.92. The summed E-state index contributed by atoms with van der Waals surface area (Å²) >= 11 is 7.31. The van der Waals surface area contributed by atoms with Gasteiger partial charge in [0.15, 0.2) is 5.15 Å². The van der Waals surface area contributed by atoms with E-state index in [0.717, 1.165) is 30.9 Å². The van der Waals surface area contributed by atoms with Crippen molar-refractivity contribution in [3.63, 3.8) is 0 Å². The molecule has 1 saturated heterocycles. The Labute approximate surface area is 133 Å². The Balaban J connectivity index is 1.76. The Kier molecular flexibility index (Phi) is 4.42. The fraction of sp³-hybridized carbons (Fsp3) is 0.375. The van der Waals surface area contributed by atoms with E-state index >= 15 is 0 Å². The van der Waals surface area contributed by atoms with Crippen LogP contribution in [0.1, 0.15) is 36.3 Å². The standard InChI is InChI=1S/C16H16ClN3S/c17-15-14(11-18)16(21-19-15)20-9-4-7-13(8-10-20)12-5-2-1-3-6-12/h1-3,5-6,13H,4,7-10H2. The maximum absolute atomic E-state index is 9.22. The number of hydrogen-bond donors (Lipinski definition) is 0. The van der Waals surface area contributed by atoms with Crippen molar-refractivity contribution < 1.29 is 0 Å². The van der Waals surface area contributed by atoms with Crippen LogP contribution in [0.5, 0.6) is 0 Å². The molecule has 2 heterocycles. The van der Waals surface area contributed by atoms with Gasteiger partial charge in [-0.3, -0.25) is 0 Å². The predicted molar refractivity (Wildman–Crippen MR) is 87.1 cm³/mol. The highest BCUT2D eigenvalue weighted by Crippen LogP contribution is 2.35. The number of hydrogen-bond acceptors (Lipinski definition) is 4. The fourth-order valence-corrected chi connectivity index (χ4v) is 4.01. The summed E-state index contributed by atoms with van der Waals surface area (Å²) < 4.78 is 4.11. The van der Waals surface area contributed by atoms with E-state index in [2.05, 4.69) is 45.7 Å². The number of halogens is 1. The van der Waals surface area contributed by atoms with Crippen molar-refractivity contribution in [3.05, 3.63) is 46.6 Å². The lowest BCUT2D eigenvalue weighted by Gasteiger charge is -2.20. The molecule has 1 aliphatic heterocycles. The minimum atomic E-state index is 0.335. The van der Waals surface area contributed by atoms with Crippen LogP contribution in [0.4, 0.5) is 5.00 Å². The van der Waals surface area contributed by atoms with Gasteiger partial charge in [-0.1, -0.05) is 41.9 Å². The maximum Gasteiger partial charge on any atom is 0.162 e. The summed E-state index contributed by atoms with van der Waals surface area (Å²) in [6.07, 6.45) is 3.42. The second-order valence-corrected chi connectivity index (χ2v) is 6.40. The molecule has 5 heteroatoms. The van der Waals surface area contributed by atoms with Gasteiger partial charge in [0.05, 0.1) is 0 Å². The van der Waals surface area contributed by atoms with Gasteiger partial charge in [0, 0.05) is 13.1 Å². The first-order valence-electron chi connectivity index (χ1n) is 7.14. The number of anilines is 1. The molecule has 3 rings (SSSR count). The molecule has 1 aliphatic rings. The Morgan fingerprint density at radius 2 is 2.05 bits per heavy atom. The molecule has 21 heavy (non-hydrogen) atoms. The van der Waals surface area contributed by atoms with Crippen molar-refractivity contribution in [1.29, 1.82) is 5.26 Å². The van der Waals surface area contributed by atoms with Crippen molar-refractivity contribution in [2.75, 3.05) is 18.0 Å². The van der Waals surface area contributed by atoms with Gasteiger partial charge in [-0.15, -0.1) is 0 Å². The lowest BCUT2D eigenvalue weighted by molar-refractivity contribution is 0.612. The van der Waals surface area contributed by atoms with E-state index in [0.29, 0.717) is 16.6 Å². The molecule has 1 atom stereocenters. The molecule has 1 fully saturated rings. The fourth-order valence-electron chi connectivity index (χ4n) is 2.93. The van der Waals surface area contributed by atoms with Gasteiger partial charge in [-0.25, -0.2) is 0 Å². The Morgan fingerprint density at radius 3 is 2.81 bits per heavy atom. The van der Waals surface area contributed by atoms with Crippen molar-refractivity contribution in [2.24, 2.45) is 0 Å². The first-order chi connectivity index (χ1) is 10.3. The first kappa shape index (κ1) is 14.4. The molecule has 0 spiro atoms. The number of aromatic nitrogens is 1. The molecule has 2 aromatic rings. The second kappa shape index (κ2) is 6.46. The molecule has 108 valence electrons. The van der Waals surface area contributed by atoms with Crippen LogP contribution in [-0.4, -0.2) is 17.5 Å². The van der Waals surface area contributed by atoms with Crippen LogP contribution in [-0.2, 0) is 0 Å². The molecule has 0 saturated carbocycles. The third kappa shape index (κ3) is 3.04. The van der Waals surface area contributed by atoms with Gasteiger partial charge in [-0.05, 0) is 42.3 Å². The molecule has 1 aromatic heterocycles. The second-order valence-electron chi connectivity index (χ2n) is 5.29. The maximum atomic E-state index is 9.22. The minimum Gasteiger partial charge on any atom is -0.361 e. The van der Waals surface area contributed by atoms with Crippen LogP contribution in [0.15, 0.2) is 30.3 Å². The Morgan fingerprint density at radius 1 is 1.24 bits per heavy atom. The smallest absolute Gasteiger partial charge is 0.162 e. The van der Waals surface area contributed by atoms with Gasteiger partial charge >= 0.3 is 0 Å². The molecule has 0 radical (unpaired) electrons. The van der Waals surface area contributed by atoms with Gasteiger partial charge in [0.2, 0.25) is 0 Å². The lowest BCUT2D eigenvalue weighted by atomic mass is 9.92. The Bertz CT molecular complexity index is 647. The third-order valence-electron chi connectivity index (χ3n) is 4.03. The van der Waals surface area contributed by atoms with Crippen LogP contribution < -0.4 is 4.90 Å². The molecule has 0 N–H and O–H groups in total. The zero-order chi connectivity index (χ0) is 14.7. The van der Waals surface area contributed by atoms with E-state index in [9.17, 15) is 5.26 Å². The van der Waals surface area contributed by atoms with Crippen LogP contribution >= 0.6 is 23.1 Å². The van der Waals surface area contributed by atoms with E-state index in [1.165, 1.54) is 23.5 Å². The highest BCUT2D eigenvalue weighted by Gasteiger charge is 2.23. The highest BCUT2D eigenvalue weighted by molar-refractivity contribution is 7.10. The highest BCUT2D eigenvalue weighted by atomic mass is 35.5. The molecule has 3 nitrogen and oxygen atoms in total. The van der Waals surface area contributed by atoms with Crippen molar-refractivity contribution >= 4 is 28.1 Å². The summed E-state index contributed by atoms with van der Waals surface area (Å²) in [5.74, 6) is 0.602. The third-order valence-corrected chi connectivity index (χ3v) is 5.31. The van der Waals surface area contributed by atoms with E-state index in [4.69, 9.17) is 11.6 Å². The van der Waals surface area contributed by atoms with Crippen molar-refractivity contribution in [2.45, 2.75) is 25.2 Å². The van der Waals surface area contributed by atoms with Crippen molar-refractivity contribution in [1.82, 2.24) is 4.37 Å². The molecule has 1 unspecified atom stereocenters. The SMILES string of the molecule is N#Cc1c(Cl)nsc1N1CCCC(c2ccccc2)CC1. The van der Waals surface area contributed by atoms with Gasteiger partial charge in [0.25, 0.3) is 0 Å². The molecule has 0 aliphatic carbocycles. The summed E-state index contributed by atoms with van der Waals surface area (Å²) in [7, 11) is 0. The van der Waals surface area contributed by atoms with Crippen LogP contribution in [0.2, 0.25) is 5.15 Å². The van der Waals surface area contributed by atoms with Crippen LogP contribution in [0.3, 0.4) is 0 Å². The minimum absolute atomic E-state index is 0.335. The molecular weight excluding hydrogens is 302 g/mol. The van der Waals surface area contributed by atoms with Crippen molar-refractivity contribution in [3.8, 4) is 6.07 Å². The van der Waals surface area contributed by atoms with E-state index < -0.39 is 0 Å². The Hall–Kier alpha value is -1.57. The van der Waals surface area contributed by atoms with Gasteiger partial charge < -0.3 is 4.90 Å². The average molecular weight is 318 g/mol.